The van der Waals surface area contributed by atoms with E-state index in [4.69, 9.17) is 4.74 Å². The third-order valence-corrected chi connectivity index (χ3v) is 5.71. The molecule has 0 bridgehead atoms. The number of fused-ring (bicyclic) bond motifs is 1. The first-order valence-corrected chi connectivity index (χ1v) is 10.5. The minimum Gasteiger partial charge on any atom is -0.497 e. The average Bonchev–Trinajstić information content (AvgIpc) is 3.34. The van der Waals surface area contributed by atoms with Crippen LogP contribution in [0.5, 0.6) is 5.75 Å². The minimum absolute atomic E-state index is 0.0393. The molecule has 5 nitrogen and oxygen atoms in total. The number of hydrogen-bond acceptors (Lipinski definition) is 4. The predicted molar refractivity (Wildman–Crippen MR) is 117 cm³/mol. The molecule has 6 heteroatoms. The second-order valence-electron chi connectivity index (χ2n) is 6.85. The van der Waals surface area contributed by atoms with E-state index in [-0.39, 0.29) is 5.91 Å². The van der Waals surface area contributed by atoms with Gasteiger partial charge in [0.2, 0.25) is 5.91 Å². The number of ether oxygens (including phenoxy) is 1. The van der Waals surface area contributed by atoms with E-state index in [1.165, 1.54) is 5.56 Å². The Morgan fingerprint density at radius 3 is 2.69 bits per heavy atom. The Labute approximate surface area is 174 Å². The number of imidazole rings is 1. The first-order chi connectivity index (χ1) is 14.2. The van der Waals surface area contributed by atoms with Gasteiger partial charge in [-0.15, -0.1) is 11.3 Å². The number of benzene rings is 2. The lowest BCUT2D eigenvalue weighted by atomic mass is 10.1. The van der Waals surface area contributed by atoms with Gasteiger partial charge in [-0.25, -0.2) is 4.98 Å². The maximum absolute atomic E-state index is 12.4. The summed E-state index contributed by atoms with van der Waals surface area (Å²) in [6.07, 6.45) is 4.24. The van der Waals surface area contributed by atoms with Crippen molar-refractivity contribution >= 4 is 22.2 Å². The normalized spacial score (nSPS) is 10.9. The molecule has 0 aliphatic rings. The number of nitrogens with one attached hydrogen (secondary N) is 1. The van der Waals surface area contributed by atoms with Gasteiger partial charge in [0.25, 0.3) is 0 Å². The molecule has 1 N–H and O–H groups in total. The van der Waals surface area contributed by atoms with E-state index < -0.39 is 0 Å². The molecule has 29 heavy (non-hydrogen) atoms. The number of amides is 1. The molecule has 0 aliphatic heterocycles. The molecule has 0 spiro atoms. The lowest BCUT2D eigenvalue weighted by Crippen LogP contribution is -2.26. The predicted octanol–water partition coefficient (Wildman–Crippen LogP) is 4.36. The summed E-state index contributed by atoms with van der Waals surface area (Å²) in [7, 11) is 1.65. The van der Waals surface area contributed by atoms with Crippen molar-refractivity contribution in [2.75, 3.05) is 13.7 Å². The molecule has 0 fully saturated rings. The van der Waals surface area contributed by atoms with Crippen LogP contribution in [-0.2, 0) is 17.6 Å². The molecule has 0 saturated carbocycles. The fourth-order valence-corrected chi connectivity index (χ4v) is 4.12. The fourth-order valence-electron chi connectivity index (χ4n) is 3.25. The van der Waals surface area contributed by atoms with Crippen molar-refractivity contribution in [1.29, 1.82) is 0 Å². The van der Waals surface area contributed by atoms with Gasteiger partial charge in [0.1, 0.15) is 5.75 Å². The summed E-state index contributed by atoms with van der Waals surface area (Å²) in [4.78, 5) is 17.9. The molecule has 4 rings (SSSR count). The molecule has 0 radical (unpaired) electrons. The van der Waals surface area contributed by atoms with Crippen LogP contribution in [0.15, 0.2) is 66.2 Å². The Kier molecular flexibility index (Phi) is 5.91. The Bertz CT molecular complexity index is 1080. The van der Waals surface area contributed by atoms with Gasteiger partial charge in [-0.1, -0.05) is 30.3 Å². The van der Waals surface area contributed by atoms with Gasteiger partial charge in [0, 0.05) is 29.4 Å². The highest BCUT2D eigenvalue weighted by atomic mass is 32.1. The molecule has 2 aromatic carbocycles. The van der Waals surface area contributed by atoms with Gasteiger partial charge in [-0.2, -0.15) is 0 Å². The van der Waals surface area contributed by atoms with Crippen molar-refractivity contribution < 1.29 is 9.53 Å². The topological polar surface area (TPSA) is 55.6 Å². The first-order valence-electron chi connectivity index (χ1n) is 9.63. The Balaban J connectivity index is 1.35. The van der Waals surface area contributed by atoms with E-state index in [1.807, 2.05) is 58.4 Å². The van der Waals surface area contributed by atoms with Crippen molar-refractivity contribution in [2.45, 2.75) is 19.3 Å². The van der Waals surface area contributed by atoms with Crippen molar-refractivity contribution in [2.24, 2.45) is 0 Å². The van der Waals surface area contributed by atoms with Crippen LogP contribution in [0.2, 0.25) is 0 Å². The zero-order chi connectivity index (χ0) is 20.1. The zero-order valence-electron chi connectivity index (χ0n) is 16.3. The number of aromatic nitrogens is 2. The summed E-state index contributed by atoms with van der Waals surface area (Å²) in [6.45, 7) is 0.683. The fraction of sp³-hybridized carbons (Fsp3) is 0.217. The van der Waals surface area contributed by atoms with Crippen LogP contribution < -0.4 is 10.1 Å². The molecule has 0 unspecified atom stereocenters. The highest BCUT2D eigenvalue weighted by molar-refractivity contribution is 7.15. The maximum Gasteiger partial charge on any atom is 0.225 e. The van der Waals surface area contributed by atoms with E-state index in [0.29, 0.717) is 13.0 Å². The van der Waals surface area contributed by atoms with Crippen LogP contribution in [0, 0.1) is 0 Å². The van der Waals surface area contributed by atoms with Crippen LogP contribution in [0.1, 0.15) is 17.7 Å². The third kappa shape index (κ3) is 4.66. The van der Waals surface area contributed by atoms with Crippen molar-refractivity contribution in [1.82, 2.24) is 14.7 Å². The van der Waals surface area contributed by atoms with Crippen LogP contribution in [0.25, 0.3) is 16.2 Å². The molecule has 0 aliphatic carbocycles. The van der Waals surface area contributed by atoms with E-state index >= 15 is 0 Å². The smallest absolute Gasteiger partial charge is 0.225 e. The molecule has 2 aromatic heterocycles. The van der Waals surface area contributed by atoms with Crippen LogP contribution in [0.3, 0.4) is 0 Å². The summed E-state index contributed by atoms with van der Waals surface area (Å²) in [5.41, 5.74) is 4.17. The van der Waals surface area contributed by atoms with E-state index in [9.17, 15) is 4.79 Å². The monoisotopic (exact) mass is 405 g/mol. The van der Waals surface area contributed by atoms with Gasteiger partial charge >= 0.3 is 0 Å². The second kappa shape index (κ2) is 8.92. The second-order valence-corrected chi connectivity index (χ2v) is 7.69. The SMILES string of the molecule is COc1ccc(-c2cn3c(CC(=O)NCCCc4ccccc4)csc3n2)cc1. The summed E-state index contributed by atoms with van der Waals surface area (Å²) in [6, 6.07) is 18.2. The van der Waals surface area contributed by atoms with Crippen molar-refractivity contribution in [3.63, 3.8) is 0 Å². The molecular formula is C23H23N3O2S. The Morgan fingerprint density at radius 2 is 1.93 bits per heavy atom. The van der Waals surface area contributed by atoms with Gasteiger partial charge < -0.3 is 10.1 Å². The van der Waals surface area contributed by atoms with Crippen LogP contribution in [-0.4, -0.2) is 28.9 Å². The van der Waals surface area contributed by atoms with E-state index in [1.54, 1.807) is 18.4 Å². The molecule has 0 atom stereocenters. The van der Waals surface area contributed by atoms with Crippen molar-refractivity contribution in [3.05, 3.63) is 77.4 Å². The van der Waals surface area contributed by atoms with Crippen LogP contribution >= 0.6 is 11.3 Å². The Morgan fingerprint density at radius 1 is 1.14 bits per heavy atom. The number of nitrogens with zero attached hydrogens (tertiary/aromatic N) is 2. The first kappa shape index (κ1) is 19.2. The number of carbonyl (C=O) groups excluding carboxylic acids is 1. The summed E-state index contributed by atoms with van der Waals surface area (Å²) in [5, 5.41) is 5.03. The van der Waals surface area contributed by atoms with Gasteiger partial charge in [-0.3, -0.25) is 9.20 Å². The maximum atomic E-state index is 12.4. The van der Waals surface area contributed by atoms with E-state index in [0.717, 1.165) is 40.5 Å². The number of hydrogen-bond donors (Lipinski definition) is 1. The van der Waals surface area contributed by atoms with Crippen LogP contribution in [0.4, 0.5) is 0 Å². The van der Waals surface area contributed by atoms with Gasteiger partial charge in [-0.05, 0) is 42.7 Å². The quantitative estimate of drug-likeness (QED) is 0.443. The van der Waals surface area contributed by atoms with Gasteiger partial charge in [0.05, 0.1) is 19.2 Å². The molecule has 1 amide bonds. The molecule has 2 heterocycles. The Hall–Kier alpha value is -3.12. The molecule has 4 aromatic rings. The lowest BCUT2D eigenvalue weighted by molar-refractivity contribution is -0.120. The lowest BCUT2D eigenvalue weighted by Gasteiger charge is -2.05. The molecular weight excluding hydrogens is 382 g/mol. The number of aryl methyl sites for hydroxylation is 1. The number of thiazole rings is 1. The average molecular weight is 406 g/mol. The van der Waals surface area contributed by atoms with Crippen molar-refractivity contribution in [3.8, 4) is 17.0 Å². The standard InChI is InChI=1S/C23H23N3O2S/c1-28-20-11-9-18(10-12-20)21-15-26-19(16-29-23(26)25-21)14-22(27)24-13-5-8-17-6-3-2-4-7-17/h2-4,6-7,9-12,15-16H,5,8,13-14H2,1H3,(H,24,27). The highest BCUT2D eigenvalue weighted by Gasteiger charge is 2.12. The largest absolute Gasteiger partial charge is 0.497 e. The number of rotatable bonds is 8. The number of carbonyl (C=O) groups is 1. The zero-order valence-corrected chi connectivity index (χ0v) is 17.1. The third-order valence-electron chi connectivity index (χ3n) is 4.82. The number of methoxy groups -OCH3 is 1. The summed E-state index contributed by atoms with van der Waals surface area (Å²) in [5.74, 6) is 0.858. The molecule has 0 saturated heterocycles. The summed E-state index contributed by atoms with van der Waals surface area (Å²) >= 11 is 1.55. The molecule has 148 valence electrons. The van der Waals surface area contributed by atoms with E-state index in [2.05, 4.69) is 22.4 Å². The minimum atomic E-state index is 0.0393. The highest BCUT2D eigenvalue weighted by Crippen LogP contribution is 2.25. The van der Waals surface area contributed by atoms with Gasteiger partial charge in [0.15, 0.2) is 4.96 Å². The summed E-state index contributed by atoms with van der Waals surface area (Å²) < 4.78 is 7.22.